The zero-order valence-corrected chi connectivity index (χ0v) is 11.7. The van der Waals surface area contributed by atoms with E-state index in [9.17, 15) is 18.3 Å². The predicted molar refractivity (Wildman–Crippen MR) is 76.2 cm³/mol. The highest BCUT2D eigenvalue weighted by Gasteiger charge is 2.31. The van der Waals surface area contributed by atoms with Gasteiger partial charge in [-0.2, -0.15) is 13.2 Å². The standard InChI is InChI=1S/C15H17F3N2O/c1-2-7-20(10-15(16,17)18)14-13-6-4-3-5-12(13)11(9-21)8-19-14/h3-6,8,21H,2,7,9-10H2,1H3. The van der Waals surface area contributed by atoms with E-state index < -0.39 is 12.7 Å². The molecule has 2 aromatic rings. The summed E-state index contributed by atoms with van der Waals surface area (Å²) in [5, 5.41) is 10.7. The number of alkyl halides is 3. The summed E-state index contributed by atoms with van der Waals surface area (Å²) in [4.78, 5) is 5.39. The van der Waals surface area contributed by atoms with Crippen molar-refractivity contribution in [2.24, 2.45) is 0 Å². The largest absolute Gasteiger partial charge is 0.405 e. The van der Waals surface area contributed by atoms with Gasteiger partial charge in [0.25, 0.3) is 0 Å². The van der Waals surface area contributed by atoms with Gasteiger partial charge in [0.05, 0.1) is 6.61 Å². The molecule has 0 aliphatic heterocycles. The second-order valence-corrected chi connectivity index (χ2v) is 4.85. The molecule has 21 heavy (non-hydrogen) atoms. The molecule has 1 heterocycles. The normalized spacial score (nSPS) is 11.9. The van der Waals surface area contributed by atoms with E-state index in [1.54, 1.807) is 24.3 Å². The van der Waals surface area contributed by atoms with Crippen molar-refractivity contribution in [2.45, 2.75) is 26.1 Å². The molecule has 0 unspecified atom stereocenters. The van der Waals surface area contributed by atoms with Gasteiger partial charge in [-0.3, -0.25) is 0 Å². The summed E-state index contributed by atoms with van der Waals surface area (Å²) in [5.41, 5.74) is 0.609. The first-order chi connectivity index (χ1) is 9.96. The highest BCUT2D eigenvalue weighted by molar-refractivity contribution is 5.94. The minimum Gasteiger partial charge on any atom is -0.392 e. The van der Waals surface area contributed by atoms with E-state index in [4.69, 9.17) is 0 Å². The van der Waals surface area contributed by atoms with E-state index in [1.165, 1.54) is 11.1 Å². The molecule has 0 aliphatic carbocycles. The van der Waals surface area contributed by atoms with E-state index in [2.05, 4.69) is 4.98 Å². The average molecular weight is 298 g/mol. The number of anilines is 1. The van der Waals surface area contributed by atoms with Crippen molar-refractivity contribution in [3.63, 3.8) is 0 Å². The Hall–Kier alpha value is -1.82. The Morgan fingerprint density at radius 1 is 1.19 bits per heavy atom. The van der Waals surface area contributed by atoms with Crippen LogP contribution in [0.3, 0.4) is 0 Å². The third-order valence-electron chi connectivity index (χ3n) is 3.19. The van der Waals surface area contributed by atoms with Gasteiger partial charge in [0, 0.05) is 23.7 Å². The fourth-order valence-corrected chi connectivity index (χ4v) is 2.36. The summed E-state index contributed by atoms with van der Waals surface area (Å²) in [7, 11) is 0. The number of benzene rings is 1. The van der Waals surface area contributed by atoms with Crippen molar-refractivity contribution in [1.82, 2.24) is 4.98 Å². The first kappa shape index (κ1) is 15.6. The monoisotopic (exact) mass is 298 g/mol. The molecule has 0 amide bonds. The van der Waals surface area contributed by atoms with E-state index >= 15 is 0 Å². The topological polar surface area (TPSA) is 36.4 Å². The summed E-state index contributed by atoms with van der Waals surface area (Å²) < 4.78 is 38.3. The molecule has 0 bridgehead atoms. The van der Waals surface area contributed by atoms with Gasteiger partial charge in [-0.25, -0.2) is 4.98 Å². The van der Waals surface area contributed by atoms with Crippen LogP contribution >= 0.6 is 0 Å². The van der Waals surface area contributed by atoms with Crippen LogP contribution in [0.25, 0.3) is 10.8 Å². The lowest BCUT2D eigenvalue weighted by molar-refractivity contribution is -0.119. The Balaban J connectivity index is 2.52. The molecular formula is C15H17F3N2O. The molecular weight excluding hydrogens is 281 g/mol. The number of pyridine rings is 1. The van der Waals surface area contributed by atoms with Crippen molar-refractivity contribution in [1.29, 1.82) is 0 Å². The Kier molecular flexibility index (Phi) is 4.67. The van der Waals surface area contributed by atoms with Gasteiger partial charge >= 0.3 is 6.18 Å². The van der Waals surface area contributed by atoms with E-state index in [-0.39, 0.29) is 13.2 Å². The van der Waals surface area contributed by atoms with Gasteiger partial charge < -0.3 is 10.0 Å². The van der Waals surface area contributed by atoms with Gasteiger partial charge in [0.2, 0.25) is 0 Å². The average Bonchev–Trinajstić information content (AvgIpc) is 2.44. The molecule has 1 aromatic carbocycles. The predicted octanol–water partition coefficient (Wildman–Crippen LogP) is 3.51. The summed E-state index contributed by atoms with van der Waals surface area (Å²) in [5.74, 6) is 0.307. The van der Waals surface area contributed by atoms with Crippen LogP contribution in [-0.4, -0.2) is 29.4 Å². The molecule has 0 saturated heterocycles. The number of aromatic nitrogens is 1. The van der Waals surface area contributed by atoms with Crippen LogP contribution in [0.4, 0.5) is 19.0 Å². The Morgan fingerprint density at radius 3 is 2.43 bits per heavy atom. The van der Waals surface area contributed by atoms with E-state index in [0.717, 1.165) is 5.39 Å². The van der Waals surface area contributed by atoms with Gasteiger partial charge in [-0.1, -0.05) is 31.2 Å². The summed E-state index contributed by atoms with van der Waals surface area (Å²) in [6.45, 7) is 0.875. The molecule has 0 spiro atoms. The summed E-state index contributed by atoms with van der Waals surface area (Å²) in [6, 6.07) is 7.06. The lowest BCUT2D eigenvalue weighted by Gasteiger charge is -2.26. The molecule has 2 rings (SSSR count). The zero-order chi connectivity index (χ0) is 15.5. The molecule has 114 valence electrons. The number of rotatable bonds is 5. The lowest BCUT2D eigenvalue weighted by atomic mass is 10.1. The molecule has 1 aromatic heterocycles. The third kappa shape index (κ3) is 3.64. The molecule has 1 N–H and O–H groups in total. The number of fused-ring (bicyclic) bond motifs is 1. The minimum absolute atomic E-state index is 0.194. The molecule has 0 fully saturated rings. The van der Waals surface area contributed by atoms with Crippen LogP contribution < -0.4 is 4.90 Å². The molecule has 0 radical (unpaired) electrons. The summed E-state index contributed by atoms with van der Waals surface area (Å²) in [6.07, 6.45) is -2.25. The SMILES string of the molecule is CCCN(CC(F)(F)F)c1ncc(CO)c2ccccc12. The minimum atomic E-state index is -4.28. The van der Waals surface area contributed by atoms with Crippen LogP contribution in [-0.2, 0) is 6.61 Å². The fourth-order valence-electron chi connectivity index (χ4n) is 2.36. The number of halogens is 3. The van der Waals surface area contributed by atoms with E-state index in [1.807, 2.05) is 6.92 Å². The zero-order valence-electron chi connectivity index (χ0n) is 11.7. The molecule has 0 atom stereocenters. The maximum atomic E-state index is 12.8. The van der Waals surface area contributed by atoms with Crippen molar-refractivity contribution in [3.8, 4) is 0 Å². The van der Waals surface area contributed by atoms with Crippen molar-refractivity contribution in [3.05, 3.63) is 36.0 Å². The Labute approximate surface area is 121 Å². The maximum Gasteiger partial charge on any atom is 0.405 e. The van der Waals surface area contributed by atoms with Crippen molar-refractivity contribution < 1.29 is 18.3 Å². The number of aliphatic hydroxyl groups is 1. The highest BCUT2D eigenvalue weighted by atomic mass is 19.4. The number of aliphatic hydroxyl groups excluding tert-OH is 1. The maximum absolute atomic E-state index is 12.8. The van der Waals surface area contributed by atoms with Gasteiger partial charge in [-0.05, 0) is 11.8 Å². The fraction of sp³-hybridized carbons (Fsp3) is 0.400. The van der Waals surface area contributed by atoms with Crippen molar-refractivity contribution in [2.75, 3.05) is 18.0 Å². The molecule has 0 saturated carbocycles. The first-order valence-electron chi connectivity index (χ1n) is 6.75. The van der Waals surface area contributed by atoms with E-state index in [0.29, 0.717) is 23.2 Å². The smallest absolute Gasteiger partial charge is 0.392 e. The van der Waals surface area contributed by atoms with Crippen LogP contribution in [0, 0.1) is 0 Å². The number of hydrogen-bond donors (Lipinski definition) is 1. The van der Waals surface area contributed by atoms with Crippen LogP contribution in [0.15, 0.2) is 30.5 Å². The second kappa shape index (κ2) is 6.30. The number of nitrogens with zero attached hydrogens (tertiary/aromatic N) is 2. The Morgan fingerprint density at radius 2 is 1.86 bits per heavy atom. The quantitative estimate of drug-likeness (QED) is 0.917. The lowest BCUT2D eigenvalue weighted by Crippen LogP contribution is -2.35. The Bertz CT molecular complexity index is 613. The molecule has 0 aliphatic rings. The van der Waals surface area contributed by atoms with Gasteiger partial charge in [0.1, 0.15) is 12.4 Å². The first-order valence-corrected chi connectivity index (χ1v) is 6.75. The van der Waals surface area contributed by atoms with Gasteiger partial charge in [-0.15, -0.1) is 0 Å². The van der Waals surface area contributed by atoms with Gasteiger partial charge in [0.15, 0.2) is 0 Å². The molecule has 6 heteroatoms. The summed E-state index contributed by atoms with van der Waals surface area (Å²) >= 11 is 0. The van der Waals surface area contributed by atoms with Crippen LogP contribution in [0.1, 0.15) is 18.9 Å². The number of hydrogen-bond acceptors (Lipinski definition) is 3. The van der Waals surface area contributed by atoms with Crippen LogP contribution in [0.2, 0.25) is 0 Å². The third-order valence-corrected chi connectivity index (χ3v) is 3.19. The van der Waals surface area contributed by atoms with Crippen LogP contribution in [0.5, 0.6) is 0 Å². The highest BCUT2D eigenvalue weighted by Crippen LogP contribution is 2.29. The molecule has 3 nitrogen and oxygen atoms in total. The second-order valence-electron chi connectivity index (χ2n) is 4.85. The van der Waals surface area contributed by atoms with Crippen molar-refractivity contribution >= 4 is 16.6 Å².